The smallest absolute Gasteiger partial charge is 0.355 e. The van der Waals surface area contributed by atoms with Gasteiger partial charge in [-0.3, -0.25) is 13.9 Å². The molecule has 2 atom stereocenters. The summed E-state index contributed by atoms with van der Waals surface area (Å²) < 4.78 is 62.4. The van der Waals surface area contributed by atoms with Crippen LogP contribution in [-0.4, -0.2) is 47.3 Å². The highest BCUT2D eigenvalue weighted by Crippen LogP contribution is 2.32. The lowest BCUT2D eigenvalue weighted by Gasteiger charge is -2.34. The maximum atomic E-state index is 13.1. The minimum Gasteiger partial charge on any atom is -0.355 e. The van der Waals surface area contributed by atoms with Crippen LogP contribution in [-0.2, 0) is 22.2 Å². The molecule has 9 nitrogen and oxygen atoms in total. The Morgan fingerprint density at radius 2 is 1.85 bits per heavy atom. The van der Waals surface area contributed by atoms with Crippen molar-refractivity contribution in [2.75, 3.05) is 22.3 Å². The van der Waals surface area contributed by atoms with E-state index in [1.54, 1.807) is 35.6 Å². The molecule has 174 valence electrons. The van der Waals surface area contributed by atoms with E-state index < -0.39 is 34.8 Å². The molecule has 1 N–H and O–H groups in total. The second kappa shape index (κ2) is 9.27. The van der Waals surface area contributed by atoms with Crippen LogP contribution in [0, 0.1) is 5.92 Å². The number of rotatable bonds is 5. The number of carbonyl (C=O) groups is 1. The van der Waals surface area contributed by atoms with E-state index in [0.29, 0.717) is 35.5 Å². The van der Waals surface area contributed by atoms with Gasteiger partial charge in [0.25, 0.3) is 11.3 Å². The maximum absolute atomic E-state index is 13.1. The molecule has 4 rings (SSSR count). The molecule has 0 radical (unpaired) electrons. The van der Waals surface area contributed by atoms with Gasteiger partial charge in [0, 0.05) is 25.5 Å². The van der Waals surface area contributed by atoms with Gasteiger partial charge in [0.15, 0.2) is 0 Å². The van der Waals surface area contributed by atoms with E-state index in [2.05, 4.69) is 15.0 Å². The number of carbonyl (C=O) groups excluding carboxylic acids is 1. The largest absolute Gasteiger partial charge is 0.416 e. The molecule has 2 aromatic heterocycles. The molecule has 0 bridgehead atoms. The second-order valence-corrected chi connectivity index (χ2v) is 8.21. The zero-order chi connectivity index (χ0) is 23.6. The van der Waals surface area contributed by atoms with Crippen molar-refractivity contribution in [3.05, 3.63) is 60.8 Å². The maximum Gasteiger partial charge on any atom is 0.416 e. The summed E-state index contributed by atoms with van der Waals surface area (Å²) in [6.45, 7) is 0.860. The van der Waals surface area contributed by atoms with Gasteiger partial charge in [-0.2, -0.15) is 13.2 Å². The molecule has 1 aromatic carbocycles. The standard InChI is InChI=1S/C20H19F3N6O3S/c21-20(22,23)15-4-6-16(7-5-15)29(33(31)32)18(30)14-3-1-10-27(11-14)17-12-28(13-26-17)19-24-8-2-9-25-19/h2,4-9,12-14H,1,3,10-11H2,(H,31,32)/t14-/m1/s1. The predicted molar refractivity (Wildman–Crippen MR) is 114 cm³/mol. The van der Waals surface area contributed by atoms with Crippen molar-refractivity contribution in [1.29, 1.82) is 0 Å². The van der Waals surface area contributed by atoms with E-state index >= 15 is 0 Å². The van der Waals surface area contributed by atoms with Crippen LogP contribution in [0.15, 0.2) is 55.2 Å². The zero-order valence-electron chi connectivity index (χ0n) is 17.1. The van der Waals surface area contributed by atoms with E-state index in [-0.39, 0.29) is 12.2 Å². The van der Waals surface area contributed by atoms with Crippen LogP contribution in [0.1, 0.15) is 18.4 Å². The summed E-state index contributed by atoms with van der Waals surface area (Å²) in [6, 6.07) is 5.26. The lowest BCUT2D eigenvalue weighted by Crippen LogP contribution is -2.45. The first-order valence-electron chi connectivity index (χ1n) is 9.92. The molecule has 1 aliphatic rings. The van der Waals surface area contributed by atoms with Crippen molar-refractivity contribution >= 4 is 28.7 Å². The van der Waals surface area contributed by atoms with Crippen LogP contribution in [0.5, 0.6) is 0 Å². The van der Waals surface area contributed by atoms with Crippen LogP contribution in [0.2, 0.25) is 0 Å². The predicted octanol–water partition coefficient (Wildman–Crippen LogP) is 3.07. The third-order valence-electron chi connectivity index (χ3n) is 5.23. The molecule has 0 aliphatic carbocycles. The highest BCUT2D eigenvalue weighted by Gasteiger charge is 2.35. The highest BCUT2D eigenvalue weighted by molar-refractivity contribution is 7.81. The van der Waals surface area contributed by atoms with Gasteiger partial charge in [-0.15, -0.1) is 0 Å². The molecular weight excluding hydrogens is 461 g/mol. The van der Waals surface area contributed by atoms with Crippen molar-refractivity contribution < 1.29 is 26.7 Å². The van der Waals surface area contributed by atoms with E-state index in [1.165, 1.54) is 0 Å². The van der Waals surface area contributed by atoms with Crippen molar-refractivity contribution in [3.63, 3.8) is 0 Å². The molecule has 0 saturated carbocycles. The minimum absolute atomic E-state index is 0.0866. The molecule has 0 spiro atoms. The Balaban J connectivity index is 1.51. The number of amides is 1. The Kier molecular flexibility index (Phi) is 6.42. The van der Waals surface area contributed by atoms with E-state index in [0.717, 1.165) is 24.3 Å². The number of nitrogens with zero attached hydrogens (tertiary/aromatic N) is 6. The van der Waals surface area contributed by atoms with E-state index in [1.807, 2.05) is 4.90 Å². The van der Waals surface area contributed by atoms with Crippen LogP contribution in [0.25, 0.3) is 5.95 Å². The van der Waals surface area contributed by atoms with Gasteiger partial charge in [-0.25, -0.2) is 23.5 Å². The van der Waals surface area contributed by atoms with Crippen molar-refractivity contribution in [3.8, 4) is 5.95 Å². The van der Waals surface area contributed by atoms with Crippen LogP contribution >= 0.6 is 0 Å². The number of aromatic nitrogens is 4. The average molecular weight is 480 g/mol. The van der Waals surface area contributed by atoms with Crippen LogP contribution < -0.4 is 9.21 Å². The first kappa shape index (κ1) is 22.9. The topological polar surface area (TPSA) is 104 Å². The van der Waals surface area contributed by atoms with E-state index in [4.69, 9.17) is 0 Å². The molecule has 1 amide bonds. The number of halogens is 3. The lowest BCUT2D eigenvalue weighted by molar-refractivity contribution is -0.137. The molecule has 33 heavy (non-hydrogen) atoms. The molecule has 1 saturated heterocycles. The summed E-state index contributed by atoms with van der Waals surface area (Å²) in [4.78, 5) is 27.6. The summed E-state index contributed by atoms with van der Waals surface area (Å²) in [7, 11) is 0. The first-order chi connectivity index (χ1) is 15.7. The fraction of sp³-hybridized carbons (Fsp3) is 0.300. The van der Waals surface area contributed by atoms with Gasteiger partial charge in [0.05, 0.1) is 23.4 Å². The Labute approximate surface area is 189 Å². The monoisotopic (exact) mass is 480 g/mol. The Bertz CT molecular complexity index is 1140. The van der Waals surface area contributed by atoms with Crippen LogP contribution in [0.3, 0.4) is 0 Å². The van der Waals surface area contributed by atoms with Gasteiger partial charge >= 0.3 is 6.18 Å². The third kappa shape index (κ3) is 5.03. The first-order valence-corrected chi connectivity index (χ1v) is 11.0. The van der Waals surface area contributed by atoms with Gasteiger partial charge in [-0.1, -0.05) is 0 Å². The molecule has 1 fully saturated rings. The summed E-state index contributed by atoms with van der Waals surface area (Å²) in [5, 5.41) is 0. The number of benzene rings is 1. The van der Waals surface area contributed by atoms with Gasteiger partial charge in [0.2, 0.25) is 11.9 Å². The number of imidazole rings is 1. The fourth-order valence-electron chi connectivity index (χ4n) is 3.64. The summed E-state index contributed by atoms with van der Waals surface area (Å²) in [5.41, 5.74) is -0.999. The molecule has 3 heterocycles. The number of piperidine rings is 1. The van der Waals surface area contributed by atoms with Gasteiger partial charge < -0.3 is 4.90 Å². The Hall–Kier alpha value is -3.32. The summed E-state index contributed by atoms with van der Waals surface area (Å²) in [5.74, 6) is -0.266. The Morgan fingerprint density at radius 3 is 2.48 bits per heavy atom. The minimum atomic E-state index is -4.55. The summed E-state index contributed by atoms with van der Waals surface area (Å²) in [6.07, 6.45) is 3.01. The van der Waals surface area contributed by atoms with Crippen LogP contribution in [0.4, 0.5) is 24.7 Å². The Morgan fingerprint density at radius 1 is 1.15 bits per heavy atom. The van der Waals surface area contributed by atoms with Gasteiger partial charge in [0.1, 0.15) is 12.1 Å². The molecule has 13 heteroatoms. The lowest BCUT2D eigenvalue weighted by atomic mass is 9.97. The quantitative estimate of drug-likeness (QED) is 0.560. The van der Waals surface area contributed by atoms with Crippen molar-refractivity contribution in [2.24, 2.45) is 5.92 Å². The molecule has 1 aliphatic heterocycles. The number of hydrogen-bond acceptors (Lipinski definition) is 6. The normalized spacial score (nSPS) is 17.6. The van der Waals surface area contributed by atoms with E-state index in [9.17, 15) is 26.7 Å². The molecule has 1 unspecified atom stereocenters. The SMILES string of the molecule is O=C([C@@H]1CCCN(c2cn(-c3ncccn3)cn2)C1)N(c1ccc(C(F)(F)F)cc1)S(=O)O. The third-order valence-corrected chi connectivity index (χ3v) is 5.94. The molecule has 3 aromatic rings. The zero-order valence-corrected chi connectivity index (χ0v) is 17.9. The molecular formula is C20H19F3N6O3S. The van der Waals surface area contributed by atoms with Gasteiger partial charge in [-0.05, 0) is 43.2 Å². The number of hydrogen-bond donors (Lipinski definition) is 1. The van der Waals surface area contributed by atoms with Crippen molar-refractivity contribution in [2.45, 2.75) is 19.0 Å². The van der Waals surface area contributed by atoms with Crippen molar-refractivity contribution in [1.82, 2.24) is 19.5 Å². The second-order valence-electron chi connectivity index (χ2n) is 7.38. The number of anilines is 2. The summed E-state index contributed by atoms with van der Waals surface area (Å²) >= 11 is -2.74. The highest BCUT2D eigenvalue weighted by atomic mass is 32.2. The fourth-order valence-corrected chi connectivity index (χ4v) is 4.25. The average Bonchev–Trinajstić information content (AvgIpc) is 3.30. The number of alkyl halides is 3.